The molecule has 0 aliphatic heterocycles. The van der Waals surface area contributed by atoms with E-state index in [0.29, 0.717) is 12.4 Å². The Hall–Kier alpha value is -1.63. The van der Waals surface area contributed by atoms with E-state index in [-0.39, 0.29) is 6.54 Å². The molecule has 1 heterocycles. The molecule has 0 bridgehead atoms. The molecule has 1 N–H and O–H groups in total. The van der Waals surface area contributed by atoms with Crippen molar-refractivity contribution in [2.24, 2.45) is 0 Å². The van der Waals surface area contributed by atoms with Crippen LogP contribution in [-0.4, -0.2) is 28.4 Å². The van der Waals surface area contributed by atoms with Crippen LogP contribution in [0.15, 0.2) is 24.3 Å². The molecule has 0 saturated heterocycles. The van der Waals surface area contributed by atoms with Crippen LogP contribution in [0.25, 0.3) is 11.0 Å². The highest BCUT2D eigenvalue weighted by atomic mass is 19.3. The van der Waals surface area contributed by atoms with Gasteiger partial charge in [0, 0.05) is 6.54 Å². The van der Waals surface area contributed by atoms with Gasteiger partial charge >= 0.3 is 12.3 Å². The third-order valence-corrected chi connectivity index (χ3v) is 3.01. The lowest BCUT2D eigenvalue weighted by atomic mass is 10.3. The number of aromatic nitrogens is 2. The second kappa shape index (κ2) is 5.78. The van der Waals surface area contributed by atoms with Crippen LogP contribution in [0.3, 0.4) is 0 Å². The second-order valence-corrected chi connectivity index (χ2v) is 4.43. The Morgan fingerprint density at radius 3 is 2.65 bits per heavy atom. The van der Waals surface area contributed by atoms with Gasteiger partial charge < -0.3 is 9.88 Å². The van der Waals surface area contributed by atoms with Crippen LogP contribution in [0, 0.1) is 0 Å². The number of hydrogen-bond donors (Lipinski definition) is 1. The summed E-state index contributed by atoms with van der Waals surface area (Å²) in [6.07, 6.45) is -3.67. The molecule has 0 unspecified atom stereocenters. The number of fused-ring (bicyclic) bond motifs is 1. The summed E-state index contributed by atoms with van der Waals surface area (Å²) >= 11 is 0. The fourth-order valence-electron chi connectivity index (χ4n) is 2.03. The predicted molar refractivity (Wildman–Crippen MR) is 68.1 cm³/mol. The zero-order valence-electron chi connectivity index (χ0n) is 10.9. The molecule has 0 atom stereocenters. The fourth-order valence-corrected chi connectivity index (χ4v) is 2.03. The van der Waals surface area contributed by atoms with Gasteiger partial charge in [0.05, 0.1) is 24.1 Å². The smallest absolute Gasteiger partial charge is 0.319 e. The highest BCUT2D eigenvalue weighted by Crippen LogP contribution is 2.22. The number of imidazole rings is 1. The summed E-state index contributed by atoms with van der Waals surface area (Å²) in [5.74, 6) is -3.47. The lowest BCUT2D eigenvalue weighted by Gasteiger charge is -2.15. The molecule has 1 aromatic heterocycles. The molecule has 110 valence electrons. The molecule has 0 amide bonds. The summed E-state index contributed by atoms with van der Waals surface area (Å²) in [4.78, 5) is 4.32. The highest BCUT2D eigenvalue weighted by molar-refractivity contribution is 5.75. The standard InChI is InChI=1S/C13H15F4N3/c1-2-20-10-6-4-3-5-9(10)19-11(20)7-18-8-13(16,17)12(14)15/h3-6,12,18H,2,7-8H2,1H3. The number of aryl methyl sites for hydroxylation is 1. The molecular weight excluding hydrogens is 274 g/mol. The maximum atomic E-state index is 12.8. The van der Waals surface area contributed by atoms with E-state index in [1.54, 1.807) is 0 Å². The molecule has 0 radical (unpaired) electrons. The molecule has 20 heavy (non-hydrogen) atoms. The summed E-state index contributed by atoms with van der Waals surface area (Å²) in [7, 11) is 0. The first-order valence-electron chi connectivity index (χ1n) is 6.26. The first-order chi connectivity index (χ1) is 9.45. The Morgan fingerprint density at radius 2 is 2.00 bits per heavy atom. The van der Waals surface area contributed by atoms with Crippen LogP contribution < -0.4 is 5.32 Å². The second-order valence-electron chi connectivity index (χ2n) is 4.43. The Kier molecular flexibility index (Phi) is 4.27. The van der Waals surface area contributed by atoms with E-state index < -0.39 is 18.9 Å². The van der Waals surface area contributed by atoms with E-state index in [9.17, 15) is 17.6 Å². The normalized spacial score (nSPS) is 12.5. The summed E-state index contributed by atoms with van der Waals surface area (Å²) in [6.45, 7) is 1.48. The first kappa shape index (κ1) is 14.8. The monoisotopic (exact) mass is 289 g/mol. The number of rotatable bonds is 6. The van der Waals surface area contributed by atoms with Crippen molar-refractivity contribution in [2.75, 3.05) is 6.54 Å². The maximum absolute atomic E-state index is 12.8. The van der Waals surface area contributed by atoms with Crippen molar-refractivity contribution in [1.29, 1.82) is 0 Å². The van der Waals surface area contributed by atoms with Gasteiger partial charge in [-0.25, -0.2) is 13.8 Å². The lowest BCUT2D eigenvalue weighted by Crippen LogP contribution is -2.38. The molecule has 1 aromatic carbocycles. The summed E-state index contributed by atoms with van der Waals surface area (Å²) in [6, 6.07) is 7.39. The number of halogens is 4. The van der Waals surface area contributed by atoms with E-state index in [1.165, 1.54) is 0 Å². The lowest BCUT2D eigenvalue weighted by molar-refractivity contribution is -0.125. The Morgan fingerprint density at radius 1 is 1.30 bits per heavy atom. The van der Waals surface area contributed by atoms with Gasteiger partial charge in [0.15, 0.2) is 0 Å². The molecular formula is C13H15F4N3. The molecule has 0 fully saturated rings. The van der Waals surface area contributed by atoms with Crippen molar-refractivity contribution in [1.82, 2.24) is 14.9 Å². The Bertz CT molecular complexity index is 580. The maximum Gasteiger partial charge on any atom is 0.319 e. The van der Waals surface area contributed by atoms with Crippen LogP contribution in [-0.2, 0) is 13.1 Å². The predicted octanol–water partition coefficient (Wildman–Crippen LogP) is 3.05. The van der Waals surface area contributed by atoms with Gasteiger partial charge in [-0.3, -0.25) is 0 Å². The van der Waals surface area contributed by atoms with E-state index >= 15 is 0 Å². The van der Waals surface area contributed by atoms with Gasteiger partial charge in [-0.15, -0.1) is 0 Å². The minimum Gasteiger partial charge on any atom is -0.327 e. The molecule has 2 aromatic rings. The van der Waals surface area contributed by atoms with Crippen molar-refractivity contribution < 1.29 is 17.6 Å². The summed E-state index contributed by atoms with van der Waals surface area (Å²) < 4.78 is 51.5. The van der Waals surface area contributed by atoms with E-state index in [2.05, 4.69) is 10.3 Å². The zero-order valence-corrected chi connectivity index (χ0v) is 10.9. The summed E-state index contributed by atoms with van der Waals surface area (Å²) in [5.41, 5.74) is 1.65. The van der Waals surface area contributed by atoms with Gasteiger partial charge in [-0.2, -0.15) is 8.78 Å². The Balaban J connectivity index is 2.10. The van der Waals surface area contributed by atoms with Gasteiger partial charge in [0.2, 0.25) is 0 Å². The van der Waals surface area contributed by atoms with E-state index in [4.69, 9.17) is 0 Å². The van der Waals surface area contributed by atoms with Gasteiger partial charge in [-0.1, -0.05) is 12.1 Å². The third kappa shape index (κ3) is 2.92. The van der Waals surface area contributed by atoms with Crippen LogP contribution in [0.2, 0.25) is 0 Å². The van der Waals surface area contributed by atoms with E-state index in [0.717, 1.165) is 11.0 Å². The number of benzene rings is 1. The number of hydrogen-bond acceptors (Lipinski definition) is 2. The molecule has 0 saturated carbocycles. The Labute approximate surface area is 113 Å². The minimum absolute atomic E-state index is 0.0187. The van der Waals surface area contributed by atoms with Crippen molar-refractivity contribution in [3.63, 3.8) is 0 Å². The molecule has 0 spiro atoms. The fraction of sp³-hybridized carbons (Fsp3) is 0.462. The van der Waals surface area contributed by atoms with Gasteiger partial charge in [0.1, 0.15) is 5.82 Å². The van der Waals surface area contributed by atoms with Crippen molar-refractivity contribution in [3.8, 4) is 0 Å². The number of alkyl halides is 4. The van der Waals surface area contributed by atoms with Crippen LogP contribution >= 0.6 is 0 Å². The first-order valence-corrected chi connectivity index (χ1v) is 6.26. The number of para-hydroxylation sites is 2. The van der Waals surface area contributed by atoms with Gasteiger partial charge in [-0.05, 0) is 19.1 Å². The van der Waals surface area contributed by atoms with Crippen molar-refractivity contribution in [2.45, 2.75) is 32.4 Å². The average molecular weight is 289 g/mol. The van der Waals surface area contributed by atoms with Crippen LogP contribution in [0.5, 0.6) is 0 Å². The minimum atomic E-state index is -4.02. The molecule has 3 nitrogen and oxygen atoms in total. The highest BCUT2D eigenvalue weighted by Gasteiger charge is 2.40. The SMILES string of the molecule is CCn1c(CNCC(F)(F)C(F)F)nc2ccccc21. The quantitative estimate of drug-likeness (QED) is 0.828. The average Bonchev–Trinajstić information content (AvgIpc) is 2.75. The zero-order chi connectivity index (χ0) is 14.8. The third-order valence-electron chi connectivity index (χ3n) is 3.01. The molecule has 7 heteroatoms. The van der Waals surface area contributed by atoms with Crippen molar-refractivity contribution in [3.05, 3.63) is 30.1 Å². The van der Waals surface area contributed by atoms with Gasteiger partial charge in [0.25, 0.3) is 0 Å². The van der Waals surface area contributed by atoms with E-state index in [1.807, 2.05) is 35.8 Å². The topological polar surface area (TPSA) is 29.9 Å². The molecule has 0 aliphatic rings. The summed E-state index contributed by atoms with van der Waals surface area (Å²) in [5, 5.41) is 2.35. The molecule has 0 aliphatic carbocycles. The number of nitrogens with one attached hydrogen (secondary N) is 1. The van der Waals surface area contributed by atoms with Crippen LogP contribution in [0.4, 0.5) is 17.6 Å². The molecule has 2 rings (SSSR count). The van der Waals surface area contributed by atoms with Crippen LogP contribution in [0.1, 0.15) is 12.7 Å². The largest absolute Gasteiger partial charge is 0.327 e. The number of nitrogens with zero attached hydrogens (tertiary/aromatic N) is 2. The van der Waals surface area contributed by atoms with Crippen molar-refractivity contribution >= 4 is 11.0 Å².